The first-order valence-electron chi connectivity index (χ1n) is 10.3. The molecule has 2 heterocycles. The molecular weight excluding hydrogens is 322 g/mol. The normalized spacial score (nSPS) is 29.3. The third-order valence-corrected chi connectivity index (χ3v) is 7.22. The first kappa shape index (κ1) is 16.4. The molecule has 1 aliphatic heterocycles. The first-order valence-corrected chi connectivity index (χ1v) is 10.3. The van der Waals surface area contributed by atoms with Gasteiger partial charge in [-0.15, -0.1) is 0 Å². The van der Waals surface area contributed by atoms with E-state index in [1.165, 1.54) is 62.7 Å². The molecule has 2 unspecified atom stereocenters. The standard InChI is InChI=1S/C23H29NO2/c1-25-23-5-4-18(20-8-11-26-15-20)14-21(23)17-6-9-24(10-7-17)22-13-16-2-3-19(22)12-16/h4-5,8,11,14-17,19,22H,2-3,6-7,9-10,12-13H2,1H3/t16?,19?,22-/m1/s1. The molecule has 3 nitrogen and oxygen atoms in total. The molecule has 1 saturated heterocycles. The number of rotatable bonds is 4. The number of furan rings is 1. The summed E-state index contributed by atoms with van der Waals surface area (Å²) in [4.78, 5) is 2.81. The Morgan fingerprint density at radius 1 is 1.00 bits per heavy atom. The van der Waals surface area contributed by atoms with Crippen LogP contribution in [-0.2, 0) is 0 Å². The lowest BCUT2D eigenvalue weighted by Crippen LogP contribution is -2.43. The Hall–Kier alpha value is -1.74. The van der Waals surface area contributed by atoms with E-state index in [0.717, 1.165) is 29.2 Å². The molecule has 1 aromatic heterocycles. The van der Waals surface area contributed by atoms with Gasteiger partial charge in [-0.2, -0.15) is 0 Å². The average Bonchev–Trinajstić information content (AvgIpc) is 3.45. The quantitative estimate of drug-likeness (QED) is 0.745. The van der Waals surface area contributed by atoms with Gasteiger partial charge in [-0.05, 0) is 92.3 Å². The Bertz CT molecular complexity index is 746. The fourth-order valence-corrected chi connectivity index (χ4v) is 5.86. The van der Waals surface area contributed by atoms with E-state index in [0.29, 0.717) is 5.92 Å². The van der Waals surface area contributed by atoms with Gasteiger partial charge in [0.2, 0.25) is 0 Å². The Labute approximate surface area is 156 Å². The van der Waals surface area contributed by atoms with Gasteiger partial charge >= 0.3 is 0 Å². The number of likely N-dealkylation sites (tertiary alicyclic amines) is 1. The molecule has 3 fully saturated rings. The molecule has 2 bridgehead atoms. The number of hydrogen-bond acceptors (Lipinski definition) is 3. The molecule has 1 aromatic carbocycles. The Morgan fingerprint density at radius 3 is 2.54 bits per heavy atom. The van der Waals surface area contributed by atoms with Crippen molar-refractivity contribution in [3.05, 3.63) is 42.4 Å². The SMILES string of the molecule is COc1ccc(-c2ccoc2)cc1C1CCN([C@@H]2CC3CCC2C3)CC1. The van der Waals surface area contributed by atoms with Crippen LogP contribution in [0.4, 0.5) is 0 Å². The van der Waals surface area contributed by atoms with E-state index >= 15 is 0 Å². The van der Waals surface area contributed by atoms with Gasteiger partial charge in [0, 0.05) is 11.6 Å². The zero-order valence-corrected chi connectivity index (χ0v) is 15.7. The Balaban J connectivity index is 1.32. The molecule has 0 radical (unpaired) electrons. The summed E-state index contributed by atoms with van der Waals surface area (Å²) in [6, 6.07) is 9.50. The topological polar surface area (TPSA) is 25.6 Å². The van der Waals surface area contributed by atoms with Crippen LogP contribution in [0.25, 0.3) is 11.1 Å². The maximum Gasteiger partial charge on any atom is 0.122 e. The van der Waals surface area contributed by atoms with Gasteiger partial charge in [0.05, 0.1) is 19.6 Å². The number of nitrogens with zero attached hydrogens (tertiary/aromatic N) is 1. The second kappa shape index (κ2) is 6.77. The van der Waals surface area contributed by atoms with E-state index in [1.54, 1.807) is 13.4 Å². The van der Waals surface area contributed by atoms with Crippen LogP contribution in [0.1, 0.15) is 50.0 Å². The summed E-state index contributed by atoms with van der Waals surface area (Å²) in [7, 11) is 1.79. The number of methoxy groups -OCH3 is 1. The molecule has 138 valence electrons. The lowest BCUT2D eigenvalue weighted by atomic mass is 9.85. The molecule has 2 saturated carbocycles. The van der Waals surface area contributed by atoms with E-state index in [1.807, 2.05) is 12.3 Å². The second-order valence-corrected chi connectivity index (χ2v) is 8.52. The van der Waals surface area contributed by atoms with Gasteiger partial charge in [-0.3, -0.25) is 0 Å². The van der Waals surface area contributed by atoms with Crippen LogP contribution in [-0.4, -0.2) is 31.1 Å². The van der Waals surface area contributed by atoms with Crippen molar-refractivity contribution in [2.24, 2.45) is 11.8 Å². The Kier molecular flexibility index (Phi) is 4.28. The zero-order valence-electron chi connectivity index (χ0n) is 15.7. The molecule has 0 N–H and O–H groups in total. The van der Waals surface area contributed by atoms with Crippen molar-refractivity contribution < 1.29 is 9.15 Å². The highest BCUT2D eigenvalue weighted by atomic mass is 16.5. The summed E-state index contributed by atoms with van der Waals surface area (Å²) in [5.74, 6) is 3.67. The van der Waals surface area contributed by atoms with Gasteiger partial charge in [0.1, 0.15) is 5.75 Å². The number of benzene rings is 1. The van der Waals surface area contributed by atoms with E-state index in [2.05, 4.69) is 23.1 Å². The number of ether oxygens (including phenoxy) is 1. The van der Waals surface area contributed by atoms with Crippen molar-refractivity contribution in [1.82, 2.24) is 4.90 Å². The lowest BCUT2D eigenvalue weighted by Gasteiger charge is -2.40. The summed E-state index contributed by atoms with van der Waals surface area (Å²) in [6.45, 7) is 2.50. The van der Waals surface area contributed by atoms with Crippen molar-refractivity contribution in [3.8, 4) is 16.9 Å². The van der Waals surface area contributed by atoms with E-state index < -0.39 is 0 Å². The van der Waals surface area contributed by atoms with Gasteiger partial charge < -0.3 is 14.1 Å². The van der Waals surface area contributed by atoms with Crippen molar-refractivity contribution in [2.75, 3.05) is 20.2 Å². The molecule has 2 aromatic rings. The molecule has 0 spiro atoms. The largest absolute Gasteiger partial charge is 0.496 e. The molecule has 3 heteroatoms. The summed E-state index contributed by atoms with van der Waals surface area (Å²) in [5, 5.41) is 0. The van der Waals surface area contributed by atoms with Crippen molar-refractivity contribution in [2.45, 2.75) is 50.5 Å². The highest BCUT2D eigenvalue weighted by Gasteiger charge is 2.43. The minimum absolute atomic E-state index is 0.603. The van der Waals surface area contributed by atoms with E-state index in [9.17, 15) is 0 Å². The maximum atomic E-state index is 5.70. The molecule has 2 aliphatic carbocycles. The highest BCUT2D eigenvalue weighted by Crippen LogP contribution is 2.48. The monoisotopic (exact) mass is 351 g/mol. The van der Waals surface area contributed by atoms with Crippen LogP contribution >= 0.6 is 0 Å². The second-order valence-electron chi connectivity index (χ2n) is 8.52. The fourth-order valence-electron chi connectivity index (χ4n) is 5.86. The molecule has 0 amide bonds. The minimum atomic E-state index is 0.603. The molecule has 26 heavy (non-hydrogen) atoms. The van der Waals surface area contributed by atoms with Gasteiger partial charge in [-0.1, -0.05) is 12.5 Å². The molecule has 3 aliphatic rings. The average molecular weight is 351 g/mol. The molecule has 5 rings (SSSR count). The summed E-state index contributed by atoms with van der Waals surface area (Å²) in [5.41, 5.74) is 3.75. The van der Waals surface area contributed by atoms with Crippen LogP contribution in [0.15, 0.2) is 41.2 Å². The van der Waals surface area contributed by atoms with Gasteiger partial charge in [0.25, 0.3) is 0 Å². The van der Waals surface area contributed by atoms with Crippen molar-refractivity contribution in [3.63, 3.8) is 0 Å². The Morgan fingerprint density at radius 2 is 1.88 bits per heavy atom. The molecule has 3 atom stereocenters. The van der Waals surface area contributed by atoms with Crippen molar-refractivity contribution >= 4 is 0 Å². The van der Waals surface area contributed by atoms with Crippen LogP contribution < -0.4 is 4.74 Å². The predicted octanol–water partition coefficient (Wildman–Crippen LogP) is 5.32. The van der Waals surface area contributed by atoms with Gasteiger partial charge in [0.15, 0.2) is 0 Å². The van der Waals surface area contributed by atoms with Crippen molar-refractivity contribution in [1.29, 1.82) is 0 Å². The van der Waals surface area contributed by atoms with Gasteiger partial charge in [-0.25, -0.2) is 0 Å². The summed E-state index contributed by atoms with van der Waals surface area (Å²) in [6.07, 6.45) is 12.0. The summed E-state index contributed by atoms with van der Waals surface area (Å²) < 4.78 is 11.0. The first-order chi connectivity index (χ1) is 12.8. The summed E-state index contributed by atoms with van der Waals surface area (Å²) >= 11 is 0. The fraction of sp³-hybridized carbons (Fsp3) is 0.565. The number of piperidine rings is 1. The predicted molar refractivity (Wildman–Crippen MR) is 103 cm³/mol. The smallest absolute Gasteiger partial charge is 0.122 e. The number of fused-ring (bicyclic) bond motifs is 2. The van der Waals surface area contributed by atoms with Crippen LogP contribution in [0.5, 0.6) is 5.75 Å². The third-order valence-electron chi connectivity index (χ3n) is 7.22. The van der Waals surface area contributed by atoms with E-state index in [4.69, 9.17) is 9.15 Å². The number of hydrogen-bond donors (Lipinski definition) is 0. The van der Waals surface area contributed by atoms with Crippen LogP contribution in [0.2, 0.25) is 0 Å². The lowest BCUT2D eigenvalue weighted by molar-refractivity contribution is 0.110. The minimum Gasteiger partial charge on any atom is -0.496 e. The third kappa shape index (κ3) is 2.87. The maximum absolute atomic E-state index is 5.70. The highest BCUT2D eigenvalue weighted by molar-refractivity contribution is 5.65. The van der Waals surface area contributed by atoms with E-state index in [-0.39, 0.29) is 0 Å². The van der Waals surface area contributed by atoms with Crippen LogP contribution in [0.3, 0.4) is 0 Å². The molecular formula is C23H29NO2. The zero-order chi connectivity index (χ0) is 17.5. The van der Waals surface area contributed by atoms with Crippen LogP contribution in [0, 0.1) is 11.8 Å².